The molecule has 0 atom stereocenters. The van der Waals surface area contributed by atoms with E-state index in [1.54, 1.807) is 4.90 Å². The normalized spacial score (nSPS) is 17.8. The van der Waals surface area contributed by atoms with Crippen molar-refractivity contribution in [3.63, 3.8) is 0 Å². The predicted octanol–water partition coefficient (Wildman–Crippen LogP) is 2.96. The third-order valence-corrected chi connectivity index (χ3v) is 4.23. The molecule has 1 fully saturated rings. The topological polar surface area (TPSA) is 37.4 Å². The number of ketones is 1. The molecule has 0 N–H and O–H groups in total. The first kappa shape index (κ1) is 14.3. The summed E-state index contributed by atoms with van der Waals surface area (Å²) in [7, 11) is 0. The van der Waals surface area contributed by atoms with Crippen LogP contribution < -0.4 is 0 Å². The van der Waals surface area contributed by atoms with Crippen LogP contribution in [0, 0.1) is 0 Å². The quantitative estimate of drug-likeness (QED) is 0.857. The molecule has 3 nitrogen and oxygen atoms in total. The van der Waals surface area contributed by atoms with E-state index in [9.17, 15) is 9.59 Å². The highest BCUT2D eigenvalue weighted by Crippen LogP contribution is 2.26. The molecule has 1 heterocycles. The van der Waals surface area contributed by atoms with Crippen molar-refractivity contribution >= 4 is 27.6 Å². The van der Waals surface area contributed by atoms with Crippen LogP contribution in [0.3, 0.4) is 0 Å². The zero-order valence-electron chi connectivity index (χ0n) is 11.3. The fourth-order valence-electron chi connectivity index (χ4n) is 2.46. The Morgan fingerprint density at radius 2 is 2.16 bits per heavy atom. The van der Waals surface area contributed by atoms with E-state index >= 15 is 0 Å². The summed E-state index contributed by atoms with van der Waals surface area (Å²) in [5, 5.41) is 0. The van der Waals surface area contributed by atoms with Crippen LogP contribution in [0.2, 0.25) is 0 Å². The minimum atomic E-state index is -0.631. The van der Waals surface area contributed by atoms with E-state index in [-0.39, 0.29) is 11.7 Å². The molecule has 0 spiro atoms. The molecule has 2 rings (SSSR count). The van der Waals surface area contributed by atoms with Crippen molar-refractivity contribution < 1.29 is 9.59 Å². The molecular weight excluding hydrogens is 306 g/mol. The second-order valence-corrected chi connectivity index (χ2v) is 6.32. The predicted molar refractivity (Wildman–Crippen MR) is 77.9 cm³/mol. The second kappa shape index (κ2) is 5.45. The lowest BCUT2D eigenvalue weighted by atomic mass is 10.00. The summed E-state index contributed by atoms with van der Waals surface area (Å²) < 4.78 is 1.02. The summed E-state index contributed by atoms with van der Waals surface area (Å²) in [6.45, 7) is 4.22. The average Bonchev–Trinajstić information content (AvgIpc) is 2.61. The van der Waals surface area contributed by atoms with Gasteiger partial charge in [-0.05, 0) is 38.0 Å². The maximum Gasteiger partial charge on any atom is 0.223 e. The van der Waals surface area contributed by atoms with Crippen molar-refractivity contribution in [3.05, 3.63) is 34.3 Å². The second-order valence-electron chi connectivity index (χ2n) is 5.41. The molecule has 0 aliphatic carbocycles. The lowest BCUT2D eigenvalue weighted by Gasteiger charge is -2.30. The summed E-state index contributed by atoms with van der Waals surface area (Å²) >= 11 is 3.42. The van der Waals surface area contributed by atoms with Gasteiger partial charge in [-0.2, -0.15) is 0 Å². The van der Waals surface area contributed by atoms with Gasteiger partial charge in [-0.15, -0.1) is 0 Å². The number of amides is 1. The van der Waals surface area contributed by atoms with Gasteiger partial charge in [0.05, 0.1) is 5.54 Å². The van der Waals surface area contributed by atoms with Gasteiger partial charge in [0.15, 0.2) is 5.78 Å². The third kappa shape index (κ3) is 3.06. The van der Waals surface area contributed by atoms with Gasteiger partial charge in [-0.3, -0.25) is 9.59 Å². The summed E-state index contributed by atoms with van der Waals surface area (Å²) in [6, 6.07) is 7.96. The van der Waals surface area contributed by atoms with Gasteiger partial charge in [0, 0.05) is 23.9 Å². The van der Waals surface area contributed by atoms with Gasteiger partial charge in [0.1, 0.15) is 0 Å². The number of benzene rings is 1. The van der Waals surface area contributed by atoms with Crippen LogP contribution >= 0.6 is 15.9 Å². The zero-order chi connectivity index (χ0) is 14.0. The number of aryl methyl sites for hydroxylation is 1. The molecule has 0 unspecified atom stereocenters. The maximum atomic E-state index is 12.2. The summed E-state index contributed by atoms with van der Waals surface area (Å²) in [4.78, 5) is 25.7. The van der Waals surface area contributed by atoms with E-state index in [2.05, 4.69) is 15.9 Å². The fraction of sp³-hybridized carbons (Fsp3) is 0.467. The van der Waals surface area contributed by atoms with Gasteiger partial charge < -0.3 is 4.90 Å². The molecule has 0 saturated carbocycles. The molecule has 0 bridgehead atoms. The smallest absolute Gasteiger partial charge is 0.223 e. The van der Waals surface area contributed by atoms with Crippen molar-refractivity contribution in [1.29, 1.82) is 0 Å². The molecule has 1 aliphatic heterocycles. The Morgan fingerprint density at radius 3 is 2.74 bits per heavy atom. The van der Waals surface area contributed by atoms with Crippen LogP contribution in [0.15, 0.2) is 28.7 Å². The molecule has 1 saturated heterocycles. The average molecular weight is 324 g/mol. The first-order chi connectivity index (χ1) is 8.91. The Bertz CT molecular complexity index is 511. The number of rotatable bonds is 3. The number of halogens is 1. The van der Waals surface area contributed by atoms with E-state index < -0.39 is 5.54 Å². The SMILES string of the molecule is CC1(C)C(=O)CCN1C(=O)CCc1cccc(Br)c1. The number of Topliss-reactive ketones (excluding diaryl/α,β-unsaturated/α-hetero) is 1. The maximum absolute atomic E-state index is 12.2. The molecule has 0 radical (unpaired) electrons. The van der Waals surface area contributed by atoms with Crippen LogP contribution in [0.5, 0.6) is 0 Å². The van der Waals surface area contributed by atoms with E-state index in [1.165, 1.54) is 0 Å². The lowest BCUT2D eigenvalue weighted by Crippen LogP contribution is -2.46. The summed E-state index contributed by atoms with van der Waals surface area (Å²) in [6.07, 6.45) is 1.64. The van der Waals surface area contributed by atoms with Crippen LogP contribution in [-0.4, -0.2) is 28.7 Å². The third-order valence-electron chi connectivity index (χ3n) is 3.74. The molecular formula is C15H18BrNO2. The highest BCUT2D eigenvalue weighted by Gasteiger charge is 2.42. The van der Waals surface area contributed by atoms with Crippen molar-refractivity contribution in [2.45, 2.75) is 38.6 Å². The van der Waals surface area contributed by atoms with Crippen LogP contribution in [0.4, 0.5) is 0 Å². The number of nitrogens with zero attached hydrogens (tertiary/aromatic N) is 1. The van der Waals surface area contributed by atoms with Gasteiger partial charge in [0.2, 0.25) is 5.91 Å². The largest absolute Gasteiger partial charge is 0.330 e. The lowest BCUT2D eigenvalue weighted by molar-refractivity contribution is -0.138. The van der Waals surface area contributed by atoms with Crippen LogP contribution in [0.1, 0.15) is 32.3 Å². The molecule has 1 amide bonds. The standard InChI is InChI=1S/C15H18BrNO2/c1-15(2)13(18)8-9-17(15)14(19)7-6-11-4-3-5-12(16)10-11/h3-5,10H,6-9H2,1-2H3. The Balaban J connectivity index is 1.97. The number of hydrogen-bond donors (Lipinski definition) is 0. The molecule has 0 aromatic heterocycles. The Labute approximate surface area is 122 Å². The number of hydrogen-bond acceptors (Lipinski definition) is 2. The highest BCUT2D eigenvalue weighted by molar-refractivity contribution is 9.10. The number of carbonyl (C=O) groups excluding carboxylic acids is 2. The van der Waals surface area contributed by atoms with Crippen molar-refractivity contribution in [2.75, 3.05) is 6.54 Å². The van der Waals surface area contributed by atoms with Gasteiger partial charge in [-0.25, -0.2) is 0 Å². The van der Waals surface area contributed by atoms with Crippen molar-refractivity contribution in [2.24, 2.45) is 0 Å². The first-order valence-electron chi connectivity index (χ1n) is 6.49. The van der Waals surface area contributed by atoms with E-state index in [1.807, 2.05) is 38.1 Å². The summed E-state index contributed by atoms with van der Waals surface area (Å²) in [5.74, 6) is 0.221. The first-order valence-corrected chi connectivity index (χ1v) is 7.29. The number of likely N-dealkylation sites (tertiary alicyclic amines) is 1. The monoisotopic (exact) mass is 323 g/mol. The molecule has 1 aromatic rings. The highest BCUT2D eigenvalue weighted by atomic mass is 79.9. The van der Waals surface area contributed by atoms with Gasteiger partial charge in [0.25, 0.3) is 0 Å². The van der Waals surface area contributed by atoms with E-state index in [4.69, 9.17) is 0 Å². The van der Waals surface area contributed by atoms with Gasteiger partial charge >= 0.3 is 0 Å². The van der Waals surface area contributed by atoms with E-state index in [0.717, 1.165) is 10.0 Å². The van der Waals surface area contributed by atoms with Crippen molar-refractivity contribution in [3.8, 4) is 0 Å². The van der Waals surface area contributed by atoms with Gasteiger partial charge in [-0.1, -0.05) is 28.1 Å². The van der Waals surface area contributed by atoms with E-state index in [0.29, 0.717) is 25.8 Å². The van der Waals surface area contributed by atoms with Crippen LogP contribution in [0.25, 0.3) is 0 Å². The molecule has 1 aliphatic rings. The fourth-order valence-corrected chi connectivity index (χ4v) is 2.91. The number of carbonyl (C=O) groups is 2. The summed E-state index contributed by atoms with van der Waals surface area (Å²) in [5.41, 5.74) is 0.500. The Morgan fingerprint density at radius 1 is 1.42 bits per heavy atom. The minimum Gasteiger partial charge on any atom is -0.330 e. The Kier molecular flexibility index (Phi) is 4.09. The zero-order valence-corrected chi connectivity index (χ0v) is 12.9. The Hall–Kier alpha value is -1.16. The van der Waals surface area contributed by atoms with Crippen molar-refractivity contribution in [1.82, 2.24) is 4.90 Å². The molecule has 4 heteroatoms. The molecule has 102 valence electrons. The minimum absolute atomic E-state index is 0.0656. The molecule has 19 heavy (non-hydrogen) atoms. The van der Waals surface area contributed by atoms with Crippen LogP contribution in [-0.2, 0) is 16.0 Å². The molecule has 1 aromatic carbocycles.